The highest BCUT2D eigenvalue weighted by molar-refractivity contribution is 6.16. The molecule has 3 aromatic rings. The van der Waals surface area contributed by atoms with Crippen molar-refractivity contribution in [2.45, 2.75) is 6.92 Å². The zero-order valence-corrected chi connectivity index (χ0v) is 14.0. The number of carboxylic acids is 1. The maximum absolute atomic E-state index is 11.7. The Morgan fingerprint density at radius 1 is 0.923 bits per heavy atom. The van der Waals surface area contributed by atoms with E-state index < -0.39 is 5.97 Å². The standard InChI is InChI=1S/C20H16N2O4/c1-14(18(19(23)24)15-7-3-2-4-8-15)25-16-9-5-10-17(13-16)26-20-21-11-6-12-22-20/h2-13H,1H3,(H,23,24). The fourth-order valence-corrected chi connectivity index (χ4v) is 2.35. The quantitative estimate of drug-likeness (QED) is 0.532. The first-order valence-corrected chi connectivity index (χ1v) is 7.86. The molecule has 6 heteroatoms. The lowest BCUT2D eigenvalue weighted by Gasteiger charge is -2.11. The molecule has 1 heterocycles. The number of rotatable bonds is 6. The number of hydrogen-bond acceptors (Lipinski definition) is 5. The average molecular weight is 348 g/mol. The molecule has 0 saturated heterocycles. The van der Waals surface area contributed by atoms with Crippen molar-refractivity contribution in [3.8, 4) is 17.5 Å². The Bertz CT molecular complexity index is 925. The van der Waals surface area contributed by atoms with Crippen LogP contribution in [0.3, 0.4) is 0 Å². The molecule has 1 N–H and O–H groups in total. The van der Waals surface area contributed by atoms with Crippen molar-refractivity contribution in [3.05, 3.63) is 84.4 Å². The van der Waals surface area contributed by atoms with E-state index in [9.17, 15) is 9.90 Å². The molecular formula is C20H16N2O4. The maximum Gasteiger partial charge on any atom is 0.339 e. The minimum absolute atomic E-state index is 0.100. The van der Waals surface area contributed by atoms with Gasteiger partial charge in [0, 0.05) is 18.5 Å². The molecule has 1 aromatic heterocycles. The van der Waals surface area contributed by atoms with E-state index in [1.165, 1.54) is 0 Å². The van der Waals surface area contributed by atoms with E-state index in [2.05, 4.69) is 9.97 Å². The first-order chi connectivity index (χ1) is 12.6. The molecule has 0 aliphatic rings. The predicted molar refractivity (Wildman–Crippen MR) is 95.8 cm³/mol. The molecule has 0 unspecified atom stereocenters. The second-order valence-corrected chi connectivity index (χ2v) is 5.31. The smallest absolute Gasteiger partial charge is 0.339 e. The average Bonchev–Trinajstić information content (AvgIpc) is 2.63. The monoisotopic (exact) mass is 348 g/mol. The molecule has 0 saturated carbocycles. The molecule has 0 fully saturated rings. The molecular weight excluding hydrogens is 332 g/mol. The summed E-state index contributed by atoms with van der Waals surface area (Å²) in [7, 11) is 0. The highest BCUT2D eigenvalue weighted by Crippen LogP contribution is 2.26. The lowest BCUT2D eigenvalue weighted by Crippen LogP contribution is -2.06. The van der Waals surface area contributed by atoms with Crippen molar-refractivity contribution in [2.24, 2.45) is 0 Å². The molecule has 3 rings (SSSR count). The summed E-state index contributed by atoms with van der Waals surface area (Å²) >= 11 is 0. The van der Waals surface area contributed by atoms with E-state index >= 15 is 0 Å². The van der Waals surface area contributed by atoms with Gasteiger partial charge in [-0.1, -0.05) is 36.4 Å². The van der Waals surface area contributed by atoms with E-state index in [0.717, 1.165) is 0 Å². The number of aliphatic carboxylic acids is 1. The van der Waals surface area contributed by atoms with E-state index in [0.29, 0.717) is 17.1 Å². The lowest BCUT2D eigenvalue weighted by molar-refractivity contribution is -0.130. The van der Waals surface area contributed by atoms with Crippen LogP contribution in [0.1, 0.15) is 12.5 Å². The molecule has 0 radical (unpaired) electrons. The number of carbonyl (C=O) groups is 1. The zero-order valence-electron chi connectivity index (χ0n) is 14.0. The van der Waals surface area contributed by atoms with Gasteiger partial charge in [0.15, 0.2) is 0 Å². The fraction of sp³-hybridized carbons (Fsp3) is 0.0500. The van der Waals surface area contributed by atoms with Crippen LogP contribution in [-0.2, 0) is 4.79 Å². The number of benzene rings is 2. The van der Waals surface area contributed by atoms with Crippen LogP contribution in [0.5, 0.6) is 17.5 Å². The van der Waals surface area contributed by atoms with Gasteiger partial charge in [0.2, 0.25) is 0 Å². The Balaban J connectivity index is 1.85. The van der Waals surface area contributed by atoms with Crippen LogP contribution in [-0.4, -0.2) is 21.0 Å². The summed E-state index contributed by atoms with van der Waals surface area (Å²) in [5.41, 5.74) is 0.672. The second-order valence-electron chi connectivity index (χ2n) is 5.31. The molecule has 26 heavy (non-hydrogen) atoms. The second kappa shape index (κ2) is 7.94. The molecule has 2 aromatic carbocycles. The number of ether oxygens (including phenoxy) is 2. The maximum atomic E-state index is 11.7. The largest absolute Gasteiger partial charge is 0.478 e. The van der Waals surface area contributed by atoms with Crippen molar-refractivity contribution in [1.82, 2.24) is 9.97 Å². The highest BCUT2D eigenvalue weighted by Gasteiger charge is 2.16. The third-order valence-electron chi connectivity index (χ3n) is 3.46. The van der Waals surface area contributed by atoms with Crippen LogP contribution in [0.4, 0.5) is 0 Å². The Hall–Kier alpha value is -3.67. The van der Waals surface area contributed by atoms with Crippen LogP contribution in [0, 0.1) is 0 Å². The molecule has 0 aliphatic carbocycles. The first kappa shape index (κ1) is 17.2. The molecule has 130 valence electrons. The van der Waals surface area contributed by atoms with E-state index in [1.807, 2.05) is 6.07 Å². The van der Waals surface area contributed by atoms with Gasteiger partial charge in [-0.15, -0.1) is 0 Å². The lowest BCUT2D eigenvalue weighted by atomic mass is 10.1. The van der Waals surface area contributed by atoms with Crippen molar-refractivity contribution in [2.75, 3.05) is 0 Å². The molecule has 0 spiro atoms. The van der Waals surface area contributed by atoms with Crippen LogP contribution in [0.2, 0.25) is 0 Å². The van der Waals surface area contributed by atoms with E-state index in [-0.39, 0.29) is 17.3 Å². The number of carboxylic acid groups (broad SMARTS) is 1. The SMILES string of the molecule is CC(Oc1cccc(Oc2ncccn2)c1)=C(C(=O)O)c1ccccc1. The van der Waals surface area contributed by atoms with Gasteiger partial charge in [-0.2, -0.15) is 0 Å². The van der Waals surface area contributed by atoms with Crippen molar-refractivity contribution >= 4 is 11.5 Å². The number of hydrogen-bond donors (Lipinski definition) is 1. The van der Waals surface area contributed by atoms with Gasteiger partial charge >= 0.3 is 12.0 Å². The minimum atomic E-state index is -1.06. The van der Waals surface area contributed by atoms with Gasteiger partial charge in [0.1, 0.15) is 22.8 Å². The third kappa shape index (κ3) is 4.24. The summed E-state index contributed by atoms with van der Waals surface area (Å²) in [4.78, 5) is 19.6. The first-order valence-electron chi connectivity index (χ1n) is 7.86. The van der Waals surface area contributed by atoms with Gasteiger partial charge in [0.05, 0.1) is 0 Å². The minimum Gasteiger partial charge on any atom is -0.478 e. The third-order valence-corrected chi connectivity index (χ3v) is 3.46. The Morgan fingerprint density at radius 3 is 2.31 bits per heavy atom. The molecule has 0 bridgehead atoms. The summed E-state index contributed by atoms with van der Waals surface area (Å²) in [6.45, 7) is 1.62. The Labute approximate surface area is 150 Å². The van der Waals surface area contributed by atoms with Crippen LogP contribution in [0.25, 0.3) is 5.57 Å². The van der Waals surface area contributed by atoms with Crippen molar-refractivity contribution in [1.29, 1.82) is 0 Å². The summed E-state index contributed by atoms with van der Waals surface area (Å²) < 4.78 is 11.3. The summed E-state index contributed by atoms with van der Waals surface area (Å²) in [6.07, 6.45) is 3.16. The van der Waals surface area contributed by atoms with Crippen molar-refractivity contribution in [3.63, 3.8) is 0 Å². The molecule has 0 aliphatic heterocycles. The molecule has 0 atom stereocenters. The predicted octanol–water partition coefficient (Wildman–Crippen LogP) is 4.16. The zero-order chi connectivity index (χ0) is 18.4. The number of aromatic nitrogens is 2. The van der Waals surface area contributed by atoms with Gasteiger partial charge in [0.25, 0.3) is 0 Å². The van der Waals surface area contributed by atoms with Gasteiger partial charge in [-0.3, -0.25) is 0 Å². The Kier molecular flexibility index (Phi) is 5.24. The van der Waals surface area contributed by atoms with Gasteiger partial charge in [-0.05, 0) is 30.7 Å². The molecule has 0 amide bonds. The Morgan fingerprint density at radius 2 is 1.62 bits per heavy atom. The summed E-state index contributed by atoms with van der Waals surface area (Å²) in [5.74, 6) is 0.152. The summed E-state index contributed by atoms with van der Waals surface area (Å²) in [5, 5.41) is 9.55. The van der Waals surface area contributed by atoms with Crippen LogP contribution >= 0.6 is 0 Å². The number of allylic oxidation sites excluding steroid dienone is 1. The highest BCUT2D eigenvalue weighted by atomic mass is 16.5. The van der Waals surface area contributed by atoms with Crippen LogP contribution in [0.15, 0.2) is 78.8 Å². The van der Waals surface area contributed by atoms with E-state index in [1.54, 1.807) is 73.9 Å². The van der Waals surface area contributed by atoms with E-state index in [4.69, 9.17) is 9.47 Å². The fourth-order valence-electron chi connectivity index (χ4n) is 2.35. The normalized spacial score (nSPS) is 11.4. The van der Waals surface area contributed by atoms with Crippen LogP contribution < -0.4 is 9.47 Å². The molecule has 6 nitrogen and oxygen atoms in total. The van der Waals surface area contributed by atoms with Gasteiger partial charge < -0.3 is 14.6 Å². The topological polar surface area (TPSA) is 81.5 Å². The summed E-state index contributed by atoms with van der Waals surface area (Å²) in [6, 6.07) is 17.6. The van der Waals surface area contributed by atoms with Crippen molar-refractivity contribution < 1.29 is 19.4 Å². The van der Waals surface area contributed by atoms with Gasteiger partial charge in [-0.25, -0.2) is 14.8 Å². The number of nitrogens with zero attached hydrogens (tertiary/aromatic N) is 2.